The highest BCUT2D eigenvalue weighted by atomic mass is 16.6. The highest BCUT2D eigenvalue weighted by molar-refractivity contribution is 5.74. The van der Waals surface area contributed by atoms with Crippen LogP contribution in [0.5, 0.6) is 0 Å². The molecule has 1 aromatic heterocycles. The molecule has 0 aliphatic carbocycles. The molecule has 7 nitrogen and oxygen atoms in total. The number of carbonyl (C=O) groups is 2. The lowest BCUT2D eigenvalue weighted by molar-refractivity contribution is 0.0487. The summed E-state index contributed by atoms with van der Waals surface area (Å²) in [6, 6.07) is 0. The molecule has 1 aromatic rings. The number of aromatic nitrogens is 2. The van der Waals surface area contributed by atoms with Crippen LogP contribution >= 0.6 is 0 Å². The lowest BCUT2D eigenvalue weighted by Crippen LogP contribution is -2.32. The first-order valence-corrected chi connectivity index (χ1v) is 4.84. The molecule has 0 aliphatic rings. The summed E-state index contributed by atoms with van der Waals surface area (Å²) in [7, 11) is 0. The molecule has 0 aromatic carbocycles. The van der Waals surface area contributed by atoms with E-state index in [9.17, 15) is 9.59 Å². The molecule has 1 heterocycles. The van der Waals surface area contributed by atoms with Gasteiger partial charge in [-0.25, -0.2) is 9.59 Å². The molecule has 0 unspecified atom stereocenters. The molecular formula is C10H14N2O5. The molecule has 0 saturated carbocycles. The van der Waals surface area contributed by atoms with Gasteiger partial charge in [0.2, 0.25) is 0 Å². The van der Waals surface area contributed by atoms with Gasteiger partial charge in [-0.15, -0.1) is 0 Å². The number of carbonyl (C=O) groups excluding carboxylic acids is 1. The van der Waals surface area contributed by atoms with E-state index in [0.717, 1.165) is 23.3 Å². The van der Waals surface area contributed by atoms with Gasteiger partial charge in [0.25, 0.3) is 0 Å². The van der Waals surface area contributed by atoms with E-state index in [2.05, 4.69) is 0 Å². The van der Waals surface area contributed by atoms with Crippen LogP contribution < -0.4 is 0 Å². The maximum absolute atomic E-state index is 11.7. The Balaban J connectivity index is 3.18. The first-order valence-electron chi connectivity index (χ1n) is 4.84. The molecular weight excluding hydrogens is 228 g/mol. The lowest BCUT2D eigenvalue weighted by Gasteiger charge is -2.20. The van der Waals surface area contributed by atoms with E-state index >= 15 is 0 Å². The molecule has 1 N–H and O–H groups in total. The summed E-state index contributed by atoms with van der Waals surface area (Å²) in [5, 5.41) is 8.92. The fraction of sp³-hybridized carbons (Fsp3) is 0.400. The minimum Gasteiger partial charge on any atom is -0.469 e. The molecule has 0 fully saturated rings. The Morgan fingerprint density at radius 1 is 1.18 bits per heavy atom. The van der Waals surface area contributed by atoms with Crippen molar-refractivity contribution >= 4 is 12.2 Å². The normalized spacial score (nSPS) is 10.8. The van der Waals surface area contributed by atoms with E-state index < -0.39 is 17.8 Å². The van der Waals surface area contributed by atoms with Gasteiger partial charge in [-0.2, -0.15) is 9.36 Å². The fourth-order valence-electron chi connectivity index (χ4n) is 0.988. The quantitative estimate of drug-likeness (QED) is 0.754. The van der Waals surface area contributed by atoms with Crippen molar-refractivity contribution < 1.29 is 23.8 Å². The zero-order valence-electron chi connectivity index (χ0n) is 9.78. The molecule has 0 spiro atoms. The van der Waals surface area contributed by atoms with Gasteiger partial charge in [-0.05, 0) is 20.8 Å². The van der Waals surface area contributed by atoms with Crippen LogP contribution in [-0.2, 0) is 4.74 Å². The van der Waals surface area contributed by atoms with Crippen molar-refractivity contribution in [1.29, 1.82) is 0 Å². The largest absolute Gasteiger partial charge is 0.469 e. The van der Waals surface area contributed by atoms with Crippen LogP contribution in [0.3, 0.4) is 0 Å². The van der Waals surface area contributed by atoms with Crippen molar-refractivity contribution in [3.63, 3.8) is 0 Å². The molecule has 0 aliphatic heterocycles. The van der Waals surface area contributed by atoms with Gasteiger partial charge in [0, 0.05) is 0 Å². The van der Waals surface area contributed by atoms with Gasteiger partial charge < -0.3 is 14.3 Å². The van der Waals surface area contributed by atoms with Crippen LogP contribution in [0.1, 0.15) is 20.8 Å². The van der Waals surface area contributed by atoms with Gasteiger partial charge in [0.15, 0.2) is 0 Å². The SMILES string of the molecule is CC(C)(C)OC(=O)n1ccoccn1C(=O)O. The average Bonchev–Trinajstić information content (AvgIpc) is 2.39. The predicted molar refractivity (Wildman–Crippen MR) is 57.4 cm³/mol. The Hall–Kier alpha value is -2.18. The van der Waals surface area contributed by atoms with Crippen LogP contribution in [0.2, 0.25) is 0 Å². The van der Waals surface area contributed by atoms with Crippen molar-refractivity contribution in [2.75, 3.05) is 0 Å². The van der Waals surface area contributed by atoms with Gasteiger partial charge in [0.1, 0.15) is 18.1 Å². The Kier molecular flexibility index (Phi) is 3.62. The third-order valence-electron chi connectivity index (χ3n) is 1.57. The third-order valence-corrected chi connectivity index (χ3v) is 1.57. The summed E-state index contributed by atoms with van der Waals surface area (Å²) in [6.45, 7) is 5.05. The Labute approximate surface area is 97.5 Å². The Bertz CT molecular complexity index is 459. The van der Waals surface area contributed by atoms with Crippen molar-refractivity contribution in [2.45, 2.75) is 26.4 Å². The number of hydrogen-bond acceptors (Lipinski definition) is 4. The van der Waals surface area contributed by atoms with E-state index in [4.69, 9.17) is 14.3 Å². The van der Waals surface area contributed by atoms with Crippen LogP contribution in [0, 0.1) is 0 Å². The Morgan fingerprint density at radius 2 is 1.71 bits per heavy atom. The minimum absolute atomic E-state index is 0.650. The van der Waals surface area contributed by atoms with Gasteiger partial charge in [-0.3, -0.25) is 0 Å². The molecule has 0 bridgehead atoms. The van der Waals surface area contributed by atoms with Gasteiger partial charge in [0.05, 0.1) is 12.4 Å². The van der Waals surface area contributed by atoms with Crippen molar-refractivity contribution in [3.8, 4) is 0 Å². The van der Waals surface area contributed by atoms with Crippen LogP contribution in [0.15, 0.2) is 29.3 Å². The van der Waals surface area contributed by atoms with Crippen LogP contribution in [-0.4, -0.2) is 32.3 Å². The second-order valence-electron chi connectivity index (χ2n) is 4.16. The standard InChI is InChI=1S/C10H14N2O5/c1-10(2,3)17-9(15)12-5-7-16-6-4-11(12)8(13)14/h4-7H,1-3H3,(H,13,14). The van der Waals surface area contributed by atoms with E-state index in [1.165, 1.54) is 6.26 Å². The summed E-state index contributed by atoms with van der Waals surface area (Å²) >= 11 is 0. The molecule has 7 heteroatoms. The molecule has 0 saturated heterocycles. The zero-order valence-corrected chi connectivity index (χ0v) is 9.78. The van der Waals surface area contributed by atoms with Gasteiger partial charge >= 0.3 is 12.2 Å². The van der Waals surface area contributed by atoms with Crippen molar-refractivity contribution in [2.24, 2.45) is 0 Å². The first kappa shape index (κ1) is 12.9. The smallest absolute Gasteiger partial charge is 0.434 e. The molecule has 0 atom stereocenters. The van der Waals surface area contributed by atoms with Crippen LogP contribution in [0.4, 0.5) is 9.59 Å². The van der Waals surface area contributed by atoms with E-state index in [1.807, 2.05) is 0 Å². The number of hydrogen-bond donors (Lipinski definition) is 1. The number of rotatable bonds is 0. The second kappa shape index (κ2) is 4.77. The predicted octanol–water partition coefficient (Wildman–Crippen LogP) is 2.32. The summed E-state index contributed by atoms with van der Waals surface area (Å²) < 4.78 is 11.3. The van der Waals surface area contributed by atoms with E-state index in [-0.39, 0.29) is 0 Å². The molecule has 1 rings (SSSR count). The third kappa shape index (κ3) is 3.71. The Morgan fingerprint density at radius 3 is 2.18 bits per heavy atom. The molecule has 0 amide bonds. The first-order chi connectivity index (χ1) is 7.81. The molecule has 0 radical (unpaired) electrons. The summed E-state index contributed by atoms with van der Waals surface area (Å²) in [6.07, 6.45) is 2.40. The fourth-order valence-corrected chi connectivity index (χ4v) is 0.988. The molecule has 17 heavy (non-hydrogen) atoms. The summed E-state index contributed by atoms with van der Waals surface area (Å²) in [4.78, 5) is 22.7. The van der Waals surface area contributed by atoms with E-state index in [0.29, 0.717) is 4.68 Å². The van der Waals surface area contributed by atoms with E-state index in [1.54, 1.807) is 20.8 Å². The summed E-state index contributed by atoms with van der Waals surface area (Å²) in [5.41, 5.74) is -0.716. The van der Waals surface area contributed by atoms with Crippen LogP contribution in [0.25, 0.3) is 0 Å². The topological polar surface area (TPSA) is 86.6 Å². The van der Waals surface area contributed by atoms with Crippen molar-refractivity contribution in [3.05, 3.63) is 24.9 Å². The van der Waals surface area contributed by atoms with Crippen molar-refractivity contribution in [1.82, 2.24) is 9.36 Å². The lowest BCUT2D eigenvalue weighted by atomic mass is 10.2. The number of nitrogens with zero attached hydrogens (tertiary/aromatic N) is 2. The molecule has 94 valence electrons. The highest BCUT2D eigenvalue weighted by Gasteiger charge is 2.19. The average molecular weight is 242 g/mol. The second-order valence-corrected chi connectivity index (χ2v) is 4.16. The number of carboxylic acid groups (broad SMARTS) is 1. The monoisotopic (exact) mass is 242 g/mol. The zero-order chi connectivity index (χ0) is 13.1. The maximum atomic E-state index is 11.7. The highest BCUT2D eigenvalue weighted by Crippen LogP contribution is 2.08. The minimum atomic E-state index is -1.33. The maximum Gasteiger partial charge on any atom is 0.434 e. The van der Waals surface area contributed by atoms with Gasteiger partial charge in [-0.1, -0.05) is 0 Å². The number of ether oxygens (including phenoxy) is 1. The summed E-state index contributed by atoms with van der Waals surface area (Å²) in [5.74, 6) is 0.